The van der Waals surface area contributed by atoms with Crippen LogP contribution in [-0.2, 0) is 19.6 Å². The van der Waals surface area contributed by atoms with Crippen molar-refractivity contribution in [2.24, 2.45) is 0 Å². The summed E-state index contributed by atoms with van der Waals surface area (Å²) in [6.45, 7) is -0.247. The Kier molecular flexibility index (Phi) is 7.58. The van der Waals surface area contributed by atoms with Gasteiger partial charge in [-0.1, -0.05) is 36.4 Å². The van der Waals surface area contributed by atoms with E-state index in [-0.39, 0.29) is 35.2 Å². The summed E-state index contributed by atoms with van der Waals surface area (Å²) in [6.07, 6.45) is 0.212. The van der Waals surface area contributed by atoms with Crippen LogP contribution < -0.4 is 4.90 Å². The standard InChI is InChI=1S/C26H27N3O6S2/c1-27(16-24(30)28(2)20-9-5-8-19(12-20)26(32)33)25(31)23-14-21(36)15-29(23)37(34,35)22-11-10-17-6-3-4-7-18(17)13-22/h3-13,21,23,36H,14-16H2,1-2H3,(H,32,33)/t21-,23+/m1/s1. The average molecular weight is 542 g/mol. The van der Waals surface area contributed by atoms with E-state index in [0.29, 0.717) is 5.69 Å². The van der Waals surface area contributed by atoms with Gasteiger partial charge in [0, 0.05) is 31.6 Å². The van der Waals surface area contributed by atoms with E-state index in [1.807, 2.05) is 24.3 Å². The number of carboxylic acid groups (broad SMARTS) is 1. The van der Waals surface area contributed by atoms with Gasteiger partial charge in [-0.25, -0.2) is 13.2 Å². The molecule has 0 aromatic heterocycles. The summed E-state index contributed by atoms with van der Waals surface area (Å²) in [7, 11) is -1.08. The number of fused-ring (bicyclic) bond motifs is 1. The molecular formula is C26H27N3O6S2. The predicted octanol–water partition coefficient (Wildman–Crippen LogP) is 2.72. The van der Waals surface area contributed by atoms with Crippen LogP contribution in [0, 0.1) is 0 Å². The predicted molar refractivity (Wildman–Crippen MR) is 143 cm³/mol. The topological polar surface area (TPSA) is 115 Å². The fraction of sp³-hybridized carbons (Fsp3) is 0.269. The molecule has 1 N–H and O–H groups in total. The minimum Gasteiger partial charge on any atom is -0.478 e. The summed E-state index contributed by atoms with van der Waals surface area (Å²) in [6, 6.07) is 17.1. The van der Waals surface area contributed by atoms with Gasteiger partial charge in [-0.2, -0.15) is 16.9 Å². The molecule has 2 atom stereocenters. The van der Waals surface area contributed by atoms with E-state index in [9.17, 15) is 27.9 Å². The van der Waals surface area contributed by atoms with Crippen molar-refractivity contribution in [2.75, 3.05) is 32.1 Å². The van der Waals surface area contributed by atoms with Crippen LogP contribution in [0.5, 0.6) is 0 Å². The Hall–Kier alpha value is -3.41. The van der Waals surface area contributed by atoms with E-state index < -0.39 is 33.8 Å². The van der Waals surface area contributed by atoms with Crippen molar-refractivity contribution >= 4 is 56.9 Å². The Balaban J connectivity index is 1.52. The number of carboxylic acids is 1. The first kappa shape index (κ1) is 26.6. The summed E-state index contributed by atoms with van der Waals surface area (Å²) >= 11 is 4.45. The van der Waals surface area contributed by atoms with Crippen LogP contribution >= 0.6 is 12.6 Å². The monoisotopic (exact) mass is 541 g/mol. The average Bonchev–Trinajstić information content (AvgIpc) is 3.29. The summed E-state index contributed by atoms with van der Waals surface area (Å²) in [5, 5.41) is 10.5. The number of benzene rings is 3. The smallest absolute Gasteiger partial charge is 0.335 e. The number of sulfonamides is 1. The summed E-state index contributed by atoms with van der Waals surface area (Å²) < 4.78 is 28.3. The van der Waals surface area contributed by atoms with Crippen molar-refractivity contribution in [1.82, 2.24) is 9.21 Å². The minimum atomic E-state index is -4.01. The first-order chi connectivity index (χ1) is 17.5. The molecular weight excluding hydrogens is 514 g/mol. The molecule has 0 aliphatic carbocycles. The van der Waals surface area contributed by atoms with Gasteiger partial charge in [0.2, 0.25) is 21.8 Å². The molecule has 3 aromatic rings. The zero-order valence-corrected chi connectivity index (χ0v) is 22.0. The highest BCUT2D eigenvalue weighted by atomic mass is 32.2. The Labute approximate surface area is 220 Å². The Morgan fingerprint density at radius 3 is 2.41 bits per heavy atom. The molecule has 37 heavy (non-hydrogen) atoms. The van der Waals surface area contributed by atoms with Crippen molar-refractivity contribution in [2.45, 2.75) is 22.6 Å². The number of carbonyl (C=O) groups is 3. The molecule has 1 aliphatic rings. The molecule has 3 aromatic carbocycles. The normalized spacial score (nSPS) is 18.0. The SMILES string of the molecule is CN(CC(=O)N(C)c1cccc(C(=O)O)c1)C(=O)[C@@H]1C[C@@H](S)CN1S(=O)(=O)c1ccc2ccccc2c1. The number of hydrogen-bond acceptors (Lipinski definition) is 6. The minimum absolute atomic E-state index is 0.0295. The maximum atomic E-state index is 13.6. The summed E-state index contributed by atoms with van der Waals surface area (Å²) in [4.78, 5) is 40.0. The number of amides is 2. The van der Waals surface area contributed by atoms with Crippen LogP contribution in [0.15, 0.2) is 71.6 Å². The van der Waals surface area contributed by atoms with Crippen molar-refractivity contribution in [3.63, 3.8) is 0 Å². The number of anilines is 1. The number of carbonyl (C=O) groups excluding carboxylic acids is 2. The summed E-state index contributed by atoms with van der Waals surface area (Å²) in [5.74, 6) is -2.09. The van der Waals surface area contributed by atoms with E-state index in [2.05, 4.69) is 12.6 Å². The largest absolute Gasteiger partial charge is 0.478 e. The maximum Gasteiger partial charge on any atom is 0.335 e. The van der Waals surface area contributed by atoms with Crippen LogP contribution in [0.2, 0.25) is 0 Å². The van der Waals surface area contributed by atoms with E-state index in [0.717, 1.165) is 15.1 Å². The number of likely N-dealkylation sites (N-methyl/N-ethyl adjacent to an activating group) is 2. The van der Waals surface area contributed by atoms with Gasteiger partial charge in [0.05, 0.1) is 17.0 Å². The van der Waals surface area contributed by atoms with Crippen LogP contribution in [0.25, 0.3) is 10.8 Å². The lowest BCUT2D eigenvalue weighted by molar-refractivity contribution is -0.136. The number of hydrogen-bond donors (Lipinski definition) is 2. The van der Waals surface area contributed by atoms with Gasteiger partial charge in [-0.3, -0.25) is 9.59 Å². The van der Waals surface area contributed by atoms with Gasteiger partial charge in [0.25, 0.3) is 0 Å². The third-order valence-corrected chi connectivity index (χ3v) is 8.69. The van der Waals surface area contributed by atoms with E-state index in [1.165, 1.54) is 48.2 Å². The van der Waals surface area contributed by atoms with Crippen molar-refractivity contribution in [3.8, 4) is 0 Å². The van der Waals surface area contributed by atoms with Crippen LogP contribution in [0.4, 0.5) is 5.69 Å². The molecule has 0 saturated carbocycles. The molecule has 1 saturated heterocycles. The third kappa shape index (κ3) is 5.48. The third-order valence-electron chi connectivity index (χ3n) is 6.45. The van der Waals surface area contributed by atoms with Gasteiger partial charge < -0.3 is 14.9 Å². The molecule has 194 valence electrons. The van der Waals surface area contributed by atoms with Crippen molar-refractivity contribution < 1.29 is 27.9 Å². The molecule has 0 spiro atoms. The van der Waals surface area contributed by atoms with Crippen LogP contribution in [0.1, 0.15) is 16.8 Å². The number of nitrogens with zero attached hydrogens (tertiary/aromatic N) is 3. The van der Waals surface area contributed by atoms with Gasteiger partial charge in [0.15, 0.2) is 0 Å². The highest BCUT2D eigenvalue weighted by molar-refractivity contribution is 7.89. The molecule has 1 heterocycles. The van der Waals surface area contributed by atoms with Crippen LogP contribution in [-0.4, -0.2) is 79.0 Å². The highest BCUT2D eigenvalue weighted by Gasteiger charge is 2.44. The second-order valence-corrected chi connectivity index (χ2v) is 11.6. The van der Waals surface area contributed by atoms with E-state index >= 15 is 0 Å². The maximum absolute atomic E-state index is 13.6. The molecule has 0 radical (unpaired) electrons. The molecule has 1 aliphatic heterocycles. The lowest BCUT2D eigenvalue weighted by Gasteiger charge is -2.28. The van der Waals surface area contributed by atoms with Gasteiger partial charge >= 0.3 is 5.97 Å². The van der Waals surface area contributed by atoms with Gasteiger partial charge in [-0.15, -0.1) is 0 Å². The molecule has 0 unspecified atom stereocenters. The van der Waals surface area contributed by atoms with Crippen LogP contribution in [0.3, 0.4) is 0 Å². The highest BCUT2D eigenvalue weighted by Crippen LogP contribution is 2.31. The Bertz CT molecular complexity index is 1480. The van der Waals surface area contributed by atoms with E-state index in [1.54, 1.807) is 18.2 Å². The quantitative estimate of drug-likeness (QED) is 0.445. The van der Waals surface area contributed by atoms with Crippen molar-refractivity contribution in [1.29, 1.82) is 0 Å². The van der Waals surface area contributed by atoms with Gasteiger partial charge in [-0.05, 0) is 47.5 Å². The lowest BCUT2D eigenvalue weighted by Crippen LogP contribution is -2.49. The van der Waals surface area contributed by atoms with E-state index in [4.69, 9.17) is 0 Å². The summed E-state index contributed by atoms with van der Waals surface area (Å²) in [5.41, 5.74) is 0.393. The number of thiol groups is 1. The molecule has 0 bridgehead atoms. The first-order valence-electron chi connectivity index (χ1n) is 11.5. The second kappa shape index (κ2) is 10.5. The Morgan fingerprint density at radius 2 is 1.70 bits per heavy atom. The second-order valence-electron chi connectivity index (χ2n) is 8.99. The van der Waals surface area contributed by atoms with Gasteiger partial charge in [0.1, 0.15) is 6.04 Å². The fourth-order valence-electron chi connectivity index (χ4n) is 4.37. The Morgan fingerprint density at radius 1 is 1.00 bits per heavy atom. The molecule has 11 heteroatoms. The lowest BCUT2D eigenvalue weighted by atomic mass is 10.1. The first-order valence-corrected chi connectivity index (χ1v) is 13.5. The molecule has 4 rings (SSSR count). The van der Waals surface area contributed by atoms with Crippen molar-refractivity contribution in [3.05, 3.63) is 72.3 Å². The molecule has 9 nitrogen and oxygen atoms in total. The zero-order chi connectivity index (χ0) is 26.9. The zero-order valence-electron chi connectivity index (χ0n) is 20.3. The number of aromatic carboxylic acids is 1. The number of rotatable bonds is 7. The fourth-order valence-corrected chi connectivity index (χ4v) is 6.53. The molecule has 2 amide bonds. The molecule has 1 fully saturated rings.